The predicted octanol–water partition coefficient (Wildman–Crippen LogP) is 4.17. The highest BCUT2D eigenvalue weighted by Crippen LogP contribution is 2.31. The topological polar surface area (TPSA) is 94.1 Å². The standard InChI is InChI=1S/C24H25N3O3/c1-13-5-16(11-25)6-14(2)23(13)20-8-17(15(3)12-26-20)7-18-9-19-22(10-21(18)29-4)30-24(28)27-19/h5-6,8-10,12H,7,11,25H2,1-4H3,(H,27,28). The first kappa shape index (κ1) is 19.9. The van der Waals surface area contributed by atoms with Crippen molar-refractivity contribution in [2.75, 3.05) is 7.11 Å². The zero-order valence-electron chi connectivity index (χ0n) is 17.6. The number of hydrogen-bond donors (Lipinski definition) is 2. The van der Waals surface area contributed by atoms with Crippen LogP contribution in [-0.4, -0.2) is 17.1 Å². The maximum atomic E-state index is 11.5. The first-order valence-electron chi connectivity index (χ1n) is 9.85. The largest absolute Gasteiger partial charge is 0.496 e. The molecule has 2 heterocycles. The van der Waals surface area contributed by atoms with Crippen molar-refractivity contribution in [3.8, 4) is 17.0 Å². The molecule has 0 fully saturated rings. The highest BCUT2D eigenvalue weighted by Gasteiger charge is 2.14. The van der Waals surface area contributed by atoms with E-state index >= 15 is 0 Å². The highest BCUT2D eigenvalue weighted by atomic mass is 16.5. The fourth-order valence-corrected chi connectivity index (χ4v) is 4.02. The normalized spacial score (nSPS) is 11.2. The van der Waals surface area contributed by atoms with Crippen molar-refractivity contribution < 1.29 is 9.15 Å². The van der Waals surface area contributed by atoms with Gasteiger partial charge in [-0.25, -0.2) is 4.79 Å². The van der Waals surface area contributed by atoms with E-state index in [4.69, 9.17) is 19.9 Å². The lowest BCUT2D eigenvalue weighted by atomic mass is 9.93. The second-order valence-electron chi connectivity index (χ2n) is 7.66. The van der Waals surface area contributed by atoms with Crippen LogP contribution in [0, 0.1) is 20.8 Å². The van der Waals surface area contributed by atoms with Crippen molar-refractivity contribution in [2.45, 2.75) is 33.7 Å². The molecule has 3 N–H and O–H groups in total. The number of pyridine rings is 1. The van der Waals surface area contributed by atoms with Crippen molar-refractivity contribution in [3.63, 3.8) is 0 Å². The fraction of sp³-hybridized carbons (Fsp3) is 0.250. The van der Waals surface area contributed by atoms with Crippen molar-refractivity contribution in [3.05, 3.63) is 80.5 Å². The Balaban J connectivity index is 1.79. The number of ether oxygens (including phenoxy) is 1. The van der Waals surface area contributed by atoms with Gasteiger partial charge in [0.1, 0.15) is 5.75 Å². The highest BCUT2D eigenvalue weighted by molar-refractivity contribution is 5.76. The van der Waals surface area contributed by atoms with Gasteiger partial charge < -0.3 is 14.9 Å². The number of H-pyrrole nitrogens is 1. The lowest BCUT2D eigenvalue weighted by Crippen LogP contribution is -2.01. The summed E-state index contributed by atoms with van der Waals surface area (Å²) in [5.74, 6) is 0.209. The number of aromatic amines is 1. The molecule has 2 aromatic heterocycles. The Kier molecular flexibility index (Phi) is 5.18. The van der Waals surface area contributed by atoms with E-state index in [-0.39, 0.29) is 0 Å². The molecule has 0 saturated carbocycles. The minimum absolute atomic E-state index is 0.474. The quantitative estimate of drug-likeness (QED) is 0.522. The summed E-state index contributed by atoms with van der Waals surface area (Å²) in [6, 6.07) is 10.0. The van der Waals surface area contributed by atoms with Crippen LogP contribution in [0.2, 0.25) is 0 Å². The molecule has 154 valence electrons. The fourth-order valence-electron chi connectivity index (χ4n) is 4.02. The number of nitrogens with one attached hydrogen (secondary N) is 1. The molecule has 0 atom stereocenters. The third-order valence-electron chi connectivity index (χ3n) is 5.50. The van der Waals surface area contributed by atoms with Gasteiger partial charge in [0.15, 0.2) is 5.58 Å². The number of oxazole rings is 1. The zero-order chi connectivity index (χ0) is 21.4. The average molecular weight is 403 g/mol. The van der Waals surface area contributed by atoms with E-state index in [1.807, 2.05) is 19.2 Å². The number of hydrogen-bond acceptors (Lipinski definition) is 5. The smallest absolute Gasteiger partial charge is 0.417 e. The number of fused-ring (bicyclic) bond motifs is 1. The van der Waals surface area contributed by atoms with E-state index in [2.05, 4.69) is 37.0 Å². The lowest BCUT2D eigenvalue weighted by Gasteiger charge is -2.15. The first-order chi connectivity index (χ1) is 14.4. The first-order valence-corrected chi connectivity index (χ1v) is 9.85. The predicted molar refractivity (Wildman–Crippen MR) is 118 cm³/mol. The Morgan fingerprint density at radius 2 is 1.77 bits per heavy atom. The molecule has 0 amide bonds. The minimum atomic E-state index is -0.474. The molecule has 0 spiro atoms. The van der Waals surface area contributed by atoms with Crippen molar-refractivity contribution in [2.24, 2.45) is 5.73 Å². The van der Waals surface area contributed by atoms with Gasteiger partial charge in [0.2, 0.25) is 0 Å². The summed E-state index contributed by atoms with van der Waals surface area (Å²) in [6.07, 6.45) is 2.55. The van der Waals surface area contributed by atoms with Gasteiger partial charge in [-0.1, -0.05) is 12.1 Å². The van der Waals surface area contributed by atoms with Crippen LogP contribution in [0.4, 0.5) is 0 Å². The number of rotatable bonds is 5. The summed E-state index contributed by atoms with van der Waals surface area (Å²) in [5, 5.41) is 0. The molecular weight excluding hydrogens is 378 g/mol. The van der Waals surface area contributed by atoms with Crippen LogP contribution in [0.25, 0.3) is 22.4 Å². The zero-order valence-corrected chi connectivity index (χ0v) is 17.6. The Morgan fingerprint density at radius 3 is 2.43 bits per heavy atom. The Morgan fingerprint density at radius 1 is 1.03 bits per heavy atom. The average Bonchev–Trinajstić information content (AvgIpc) is 3.07. The second-order valence-corrected chi connectivity index (χ2v) is 7.66. The van der Waals surface area contributed by atoms with Gasteiger partial charge in [-0.3, -0.25) is 9.97 Å². The van der Waals surface area contributed by atoms with Crippen LogP contribution in [0.5, 0.6) is 5.75 Å². The summed E-state index contributed by atoms with van der Waals surface area (Å²) < 4.78 is 10.7. The molecule has 0 radical (unpaired) electrons. The molecule has 30 heavy (non-hydrogen) atoms. The number of aryl methyl sites for hydroxylation is 3. The van der Waals surface area contributed by atoms with Crippen LogP contribution >= 0.6 is 0 Å². The number of nitrogens with two attached hydrogens (primary N) is 1. The molecule has 6 nitrogen and oxygen atoms in total. The SMILES string of the molecule is COc1cc2oc(=O)[nH]c2cc1Cc1cc(-c2c(C)cc(CN)cc2C)ncc1C. The second kappa shape index (κ2) is 7.80. The van der Waals surface area contributed by atoms with E-state index in [9.17, 15) is 4.79 Å². The van der Waals surface area contributed by atoms with E-state index in [1.165, 1.54) is 0 Å². The van der Waals surface area contributed by atoms with Crippen LogP contribution in [0.3, 0.4) is 0 Å². The van der Waals surface area contributed by atoms with Crippen LogP contribution in [-0.2, 0) is 13.0 Å². The monoisotopic (exact) mass is 403 g/mol. The summed E-state index contributed by atoms with van der Waals surface area (Å²) in [7, 11) is 1.62. The molecule has 2 aromatic carbocycles. The van der Waals surface area contributed by atoms with Crippen molar-refractivity contribution in [1.82, 2.24) is 9.97 Å². The minimum Gasteiger partial charge on any atom is -0.496 e. The lowest BCUT2D eigenvalue weighted by molar-refractivity contribution is 0.410. The molecule has 0 aliphatic heterocycles. The van der Waals surface area contributed by atoms with Gasteiger partial charge in [0.05, 0.1) is 18.3 Å². The Labute approximate surface area is 174 Å². The summed E-state index contributed by atoms with van der Waals surface area (Å²) in [5.41, 5.74) is 15.7. The molecule has 0 saturated heterocycles. The summed E-state index contributed by atoms with van der Waals surface area (Å²) in [6.45, 7) is 6.75. The van der Waals surface area contributed by atoms with Gasteiger partial charge in [-0.2, -0.15) is 0 Å². The van der Waals surface area contributed by atoms with Crippen molar-refractivity contribution in [1.29, 1.82) is 0 Å². The van der Waals surface area contributed by atoms with Crippen LogP contribution in [0.1, 0.15) is 33.4 Å². The third-order valence-corrected chi connectivity index (χ3v) is 5.50. The molecule has 0 bridgehead atoms. The summed E-state index contributed by atoms with van der Waals surface area (Å²) >= 11 is 0. The number of aromatic nitrogens is 2. The van der Waals surface area contributed by atoms with Gasteiger partial charge >= 0.3 is 5.76 Å². The van der Waals surface area contributed by atoms with Gasteiger partial charge in [0, 0.05) is 36.4 Å². The molecule has 4 aromatic rings. The van der Waals surface area contributed by atoms with Crippen molar-refractivity contribution >= 4 is 11.1 Å². The van der Waals surface area contributed by atoms with Gasteiger partial charge in [-0.15, -0.1) is 0 Å². The number of nitrogens with zero attached hydrogens (tertiary/aromatic N) is 1. The number of benzene rings is 2. The van der Waals surface area contributed by atoms with Crippen LogP contribution in [0.15, 0.2) is 45.7 Å². The maximum absolute atomic E-state index is 11.5. The molecule has 0 unspecified atom stereocenters. The molecule has 0 aliphatic carbocycles. The molecule has 6 heteroatoms. The van der Waals surface area contributed by atoms with Crippen LogP contribution < -0.4 is 16.2 Å². The van der Waals surface area contributed by atoms with Gasteiger partial charge in [0.25, 0.3) is 0 Å². The third kappa shape index (κ3) is 3.62. The van der Waals surface area contributed by atoms with E-state index in [0.717, 1.165) is 44.6 Å². The molecule has 0 aliphatic rings. The Bertz CT molecular complexity index is 1280. The van der Waals surface area contributed by atoms with E-state index in [1.54, 1.807) is 13.2 Å². The molecule has 4 rings (SSSR count). The Hall–Kier alpha value is -3.38. The molecular formula is C24H25N3O3. The maximum Gasteiger partial charge on any atom is 0.417 e. The van der Waals surface area contributed by atoms with E-state index in [0.29, 0.717) is 29.8 Å². The number of methoxy groups -OCH3 is 1. The van der Waals surface area contributed by atoms with E-state index < -0.39 is 5.76 Å². The van der Waals surface area contributed by atoms with Gasteiger partial charge in [-0.05, 0) is 60.7 Å². The summed E-state index contributed by atoms with van der Waals surface area (Å²) in [4.78, 5) is 19.0.